The van der Waals surface area contributed by atoms with Gasteiger partial charge >= 0.3 is 6.09 Å². The highest BCUT2D eigenvalue weighted by Crippen LogP contribution is 2.35. The van der Waals surface area contributed by atoms with Crippen LogP contribution in [-0.2, 0) is 9.53 Å². The Kier molecular flexibility index (Phi) is 5.68. The number of aromatic nitrogens is 1. The zero-order chi connectivity index (χ0) is 21.0. The molecule has 2 N–H and O–H groups in total. The van der Waals surface area contributed by atoms with E-state index in [1.807, 2.05) is 45.0 Å². The molecule has 0 radical (unpaired) electrons. The third kappa shape index (κ3) is 5.44. The van der Waals surface area contributed by atoms with Crippen molar-refractivity contribution in [3.8, 4) is 11.5 Å². The molecule has 2 amide bonds. The number of pyridine rings is 1. The number of nitrogens with zero attached hydrogens (tertiary/aromatic N) is 1. The lowest BCUT2D eigenvalue weighted by atomic mass is 10.1. The third-order valence-electron chi connectivity index (χ3n) is 3.78. The molecular formula is C22H23N3O4. The van der Waals surface area contributed by atoms with Gasteiger partial charge in [-0.05, 0) is 39.0 Å². The van der Waals surface area contributed by atoms with Gasteiger partial charge in [0.05, 0.1) is 5.69 Å². The molecule has 7 heteroatoms. The number of carbonyl (C=O) groups is 2. The predicted octanol–water partition coefficient (Wildman–Crippen LogP) is 5.33. The second kappa shape index (κ2) is 8.18. The van der Waals surface area contributed by atoms with Crippen molar-refractivity contribution in [3.05, 3.63) is 54.7 Å². The molecule has 3 aromatic rings. The van der Waals surface area contributed by atoms with Crippen LogP contribution in [0.15, 0.2) is 54.7 Å². The minimum Gasteiger partial charge on any atom is -0.457 e. The number of rotatable bonds is 4. The van der Waals surface area contributed by atoms with Crippen molar-refractivity contribution in [3.63, 3.8) is 0 Å². The van der Waals surface area contributed by atoms with Crippen molar-refractivity contribution < 1.29 is 19.1 Å². The topological polar surface area (TPSA) is 89.6 Å². The molecule has 2 aromatic carbocycles. The van der Waals surface area contributed by atoms with E-state index in [1.165, 1.54) is 6.92 Å². The molecule has 0 atom stereocenters. The van der Waals surface area contributed by atoms with Gasteiger partial charge in [-0.3, -0.25) is 10.1 Å². The van der Waals surface area contributed by atoms with Crippen molar-refractivity contribution >= 4 is 34.3 Å². The highest BCUT2D eigenvalue weighted by atomic mass is 16.6. The Morgan fingerprint density at radius 3 is 2.38 bits per heavy atom. The first-order valence-electron chi connectivity index (χ1n) is 9.14. The molecule has 0 saturated carbocycles. The number of fused-ring (bicyclic) bond motifs is 1. The Balaban J connectivity index is 1.89. The van der Waals surface area contributed by atoms with Gasteiger partial charge in [0.2, 0.25) is 5.91 Å². The maximum atomic E-state index is 12.2. The SMILES string of the molecule is CC(=O)Nc1cc(Oc2ccc(NC(=O)OC(C)(C)C)c3ccccc23)ccn1. The average molecular weight is 393 g/mol. The molecule has 7 nitrogen and oxygen atoms in total. The fourth-order valence-corrected chi connectivity index (χ4v) is 2.73. The second-order valence-electron chi connectivity index (χ2n) is 7.44. The van der Waals surface area contributed by atoms with Gasteiger partial charge in [-0.15, -0.1) is 0 Å². The second-order valence-corrected chi connectivity index (χ2v) is 7.44. The summed E-state index contributed by atoms with van der Waals surface area (Å²) in [5.74, 6) is 1.33. The van der Waals surface area contributed by atoms with Crippen LogP contribution in [0.1, 0.15) is 27.7 Å². The van der Waals surface area contributed by atoms with E-state index in [-0.39, 0.29) is 5.91 Å². The maximum Gasteiger partial charge on any atom is 0.412 e. The van der Waals surface area contributed by atoms with E-state index in [9.17, 15) is 9.59 Å². The van der Waals surface area contributed by atoms with Crippen LogP contribution in [0.5, 0.6) is 11.5 Å². The standard InChI is InChI=1S/C22H23N3O4/c1-14(26)24-20-13-15(11-12-23-20)28-19-10-9-18(16-7-5-6-8-17(16)19)25-21(27)29-22(2,3)4/h5-13H,1-4H3,(H,25,27)(H,23,24,26). The zero-order valence-corrected chi connectivity index (χ0v) is 16.8. The lowest BCUT2D eigenvalue weighted by molar-refractivity contribution is -0.114. The monoisotopic (exact) mass is 393 g/mol. The molecule has 1 heterocycles. The molecule has 29 heavy (non-hydrogen) atoms. The lowest BCUT2D eigenvalue weighted by Crippen LogP contribution is -2.27. The Bertz CT molecular complexity index is 1060. The van der Waals surface area contributed by atoms with Crippen molar-refractivity contribution in [2.24, 2.45) is 0 Å². The fourth-order valence-electron chi connectivity index (χ4n) is 2.73. The molecule has 0 aliphatic carbocycles. The smallest absolute Gasteiger partial charge is 0.412 e. The molecule has 1 aromatic heterocycles. The number of anilines is 2. The van der Waals surface area contributed by atoms with Gasteiger partial charge in [-0.1, -0.05) is 24.3 Å². The molecule has 0 aliphatic heterocycles. The molecule has 3 rings (SSSR count). The maximum absolute atomic E-state index is 12.2. The van der Waals surface area contributed by atoms with E-state index in [0.29, 0.717) is 23.0 Å². The molecule has 0 saturated heterocycles. The minimum absolute atomic E-state index is 0.210. The quantitative estimate of drug-likeness (QED) is 0.625. The van der Waals surface area contributed by atoms with Crippen LogP contribution in [0, 0.1) is 0 Å². The average Bonchev–Trinajstić information content (AvgIpc) is 2.62. The molecule has 0 unspecified atom stereocenters. The Morgan fingerprint density at radius 1 is 0.966 bits per heavy atom. The summed E-state index contributed by atoms with van der Waals surface area (Å²) in [7, 11) is 0. The van der Waals surface area contributed by atoms with Crippen LogP contribution >= 0.6 is 0 Å². The molecular weight excluding hydrogens is 370 g/mol. The largest absolute Gasteiger partial charge is 0.457 e. The number of ether oxygens (including phenoxy) is 2. The molecule has 0 spiro atoms. The summed E-state index contributed by atoms with van der Waals surface area (Å²) in [6.07, 6.45) is 1.03. The number of hydrogen-bond donors (Lipinski definition) is 2. The van der Waals surface area contributed by atoms with Gasteiger partial charge in [0.1, 0.15) is 22.9 Å². The van der Waals surface area contributed by atoms with E-state index in [0.717, 1.165) is 10.8 Å². The van der Waals surface area contributed by atoms with Gasteiger partial charge in [-0.25, -0.2) is 9.78 Å². The first-order valence-corrected chi connectivity index (χ1v) is 9.14. The van der Waals surface area contributed by atoms with E-state index in [2.05, 4.69) is 15.6 Å². The zero-order valence-electron chi connectivity index (χ0n) is 16.8. The Labute approximate surface area is 169 Å². The number of benzene rings is 2. The number of nitrogens with one attached hydrogen (secondary N) is 2. The summed E-state index contributed by atoms with van der Waals surface area (Å²) in [5.41, 5.74) is 0.0338. The van der Waals surface area contributed by atoms with Gasteiger partial charge in [0, 0.05) is 30.0 Å². The fraction of sp³-hybridized carbons (Fsp3) is 0.227. The number of carbonyl (C=O) groups excluding carboxylic acids is 2. The summed E-state index contributed by atoms with van der Waals surface area (Å²) in [5, 5.41) is 7.05. The van der Waals surface area contributed by atoms with Crippen LogP contribution in [0.25, 0.3) is 10.8 Å². The van der Waals surface area contributed by atoms with E-state index in [1.54, 1.807) is 30.5 Å². The van der Waals surface area contributed by atoms with E-state index < -0.39 is 11.7 Å². The van der Waals surface area contributed by atoms with Crippen molar-refractivity contribution in [2.75, 3.05) is 10.6 Å². The molecule has 0 aliphatic rings. The summed E-state index contributed by atoms with van der Waals surface area (Å²) >= 11 is 0. The molecule has 0 fully saturated rings. The van der Waals surface area contributed by atoms with Crippen LogP contribution < -0.4 is 15.4 Å². The third-order valence-corrected chi connectivity index (χ3v) is 3.78. The van der Waals surface area contributed by atoms with Gasteiger partial charge in [0.25, 0.3) is 0 Å². The number of hydrogen-bond acceptors (Lipinski definition) is 5. The van der Waals surface area contributed by atoms with Crippen LogP contribution in [-0.4, -0.2) is 22.6 Å². The van der Waals surface area contributed by atoms with Crippen LogP contribution in [0.3, 0.4) is 0 Å². The normalized spacial score (nSPS) is 11.0. The molecule has 0 bridgehead atoms. The summed E-state index contributed by atoms with van der Waals surface area (Å²) in [4.78, 5) is 27.5. The molecule has 150 valence electrons. The summed E-state index contributed by atoms with van der Waals surface area (Å²) < 4.78 is 11.4. The van der Waals surface area contributed by atoms with E-state index in [4.69, 9.17) is 9.47 Å². The summed E-state index contributed by atoms with van der Waals surface area (Å²) in [6.45, 7) is 6.85. The van der Waals surface area contributed by atoms with Gasteiger partial charge < -0.3 is 14.8 Å². The van der Waals surface area contributed by atoms with Crippen LogP contribution in [0.4, 0.5) is 16.3 Å². The highest BCUT2D eigenvalue weighted by Gasteiger charge is 2.17. The Hall–Kier alpha value is -3.61. The highest BCUT2D eigenvalue weighted by molar-refractivity contribution is 6.02. The van der Waals surface area contributed by atoms with Crippen molar-refractivity contribution in [2.45, 2.75) is 33.3 Å². The summed E-state index contributed by atoms with van der Waals surface area (Å²) in [6, 6.07) is 14.4. The predicted molar refractivity (Wildman–Crippen MR) is 112 cm³/mol. The number of amides is 2. The van der Waals surface area contributed by atoms with Gasteiger partial charge in [0.15, 0.2) is 0 Å². The first kappa shape index (κ1) is 20.1. The van der Waals surface area contributed by atoms with E-state index >= 15 is 0 Å². The minimum atomic E-state index is -0.587. The lowest BCUT2D eigenvalue weighted by Gasteiger charge is -2.20. The van der Waals surface area contributed by atoms with Crippen molar-refractivity contribution in [1.29, 1.82) is 0 Å². The van der Waals surface area contributed by atoms with Crippen molar-refractivity contribution in [1.82, 2.24) is 4.98 Å². The Morgan fingerprint density at radius 2 is 1.69 bits per heavy atom. The van der Waals surface area contributed by atoms with Crippen LogP contribution in [0.2, 0.25) is 0 Å². The first-order chi connectivity index (χ1) is 13.7. The van der Waals surface area contributed by atoms with Gasteiger partial charge in [-0.2, -0.15) is 0 Å².